The van der Waals surface area contributed by atoms with Gasteiger partial charge in [-0.15, -0.1) is 0 Å². The summed E-state index contributed by atoms with van der Waals surface area (Å²) >= 11 is 0. The molecule has 0 fully saturated rings. The summed E-state index contributed by atoms with van der Waals surface area (Å²) in [4.78, 5) is 2.43. The van der Waals surface area contributed by atoms with Gasteiger partial charge in [-0.1, -0.05) is 265 Å². The largest absolute Gasteiger partial charge is 0.455 e. The fourth-order valence-electron chi connectivity index (χ4n) is 17.5. The van der Waals surface area contributed by atoms with Crippen LogP contribution in [0.5, 0.6) is 0 Å². The zero-order valence-electron chi connectivity index (χ0n) is 55.2. The lowest BCUT2D eigenvalue weighted by molar-refractivity contribution is 0.398. The molecule has 11 aromatic rings. The van der Waals surface area contributed by atoms with Crippen LogP contribution in [0.3, 0.4) is 0 Å². The Morgan fingerprint density at radius 3 is 1.32 bits per heavy atom. The molecule has 1 heterocycles. The molecular weight excluding hydrogens is 1090 g/mol. The van der Waals surface area contributed by atoms with Crippen LogP contribution in [0.25, 0.3) is 88.7 Å². The third-order valence-corrected chi connectivity index (χ3v) is 22.3. The van der Waals surface area contributed by atoms with E-state index in [-0.39, 0.29) is 21.7 Å². The maximum absolute atomic E-state index is 7.20. The van der Waals surface area contributed by atoms with Crippen LogP contribution in [0.4, 0.5) is 17.1 Å². The number of fused-ring (bicyclic) bond motifs is 18. The van der Waals surface area contributed by atoms with Crippen molar-refractivity contribution >= 4 is 39.0 Å². The van der Waals surface area contributed by atoms with Crippen molar-refractivity contribution in [2.75, 3.05) is 4.90 Å². The first-order valence-corrected chi connectivity index (χ1v) is 34.4. The monoisotopic (exact) mass is 1180 g/mol. The molecule has 4 aliphatic carbocycles. The molecule has 15 rings (SSSR count). The van der Waals surface area contributed by atoms with Crippen LogP contribution in [0.2, 0.25) is 0 Å². The number of hydrogen-bond donors (Lipinski definition) is 0. The normalized spacial score (nSPS) is 15.3. The molecule has 2 heteroatoms. The summed E-state index contributed by atoms with van der Waals surface area (Å²) in [7, 11) is 0. The number of benzene rings is 10. The second kappa shape index (κ2) is 22.3. The SMILES string of the molecule is CCCCCCCCC1(CCCCCCCC)c2ccccc2-c2ccc(-c3ccc4c(c3)C(C)(C)c3cc(-c5ccc6c(c5)C(C)(C)c5c7c(c8c(oc9ccccc98)c5-6)-c5ccc(N(c6ccc(C)cc6)c6ccc(C)cc6)cc5C7(C)C)ccc3-4)cc21. The number of furan rings is 1. The summed E-state index contributed by atoms with van der Waals surface area (Å²) in [6.07, 6.45) is 18.4. The number of unbranched alkanes of at least 4 members (excludes halogenated alkanes) is 10. The second-order valence-electron chi connectivity index (χ2n) is 29.1. The molecule has 0 N–H and O–H groups in total. The Bertz CT molecular complexity index is 4550. The molecule has 0 amide bonds. The third kappa shape index (κ3) is 9.14. The first-order chi connectivity index (χ1) is 43.6. The molecule has 0 saturated heterocycles. The first kappa shape index (κ1) is 58.2. The molecule has 452 valence electrons. The lowest BCUT2D eigenvalue weighted by Crippen LogP contribution is -2.25. The zero-order chi connectivity index (χ0) is 61.8. The Morgan fingerprint density at radius 1 is 0.344 bits per heavy atom. The third-order valence-electron chi connectivity index (χ3n) is 22.3. The van der Waals surface area contributed by atoms with E-state index in [9.17, 15) is 0 Å². The van der Waals surface area contributed by atoms with Crippen molar-refractivity contribution in [2.24, 2.45) is 0 Å². The average Bonchev–Trinajstić information content (AvgIpc) is 1.51. The van der Waals surface area contributed by atoms with E-state index in [1.54, 1.807) is 11.1 Å². The van der Waals surface area contributed by atoms with Gasteiger partial charge in [0.1, 0.15) is 11.2 Å². The van der Waals surface area contributed by atoms with Gasteiger partial charge >= 0.3 is 0 Å². The number of hydrogen-bond acceptors (Lipinski definition) is 2. The number of anilines is 3. The van der Waals surface area contributed by atoms with Gasteiger partial charge in [0.25, 0.3) is 0 Å². The van der Waals surface area contributed by atoms with Gasteiger partial charge in [0.15, 0.2) is 0 Å². The number of rotatable bonds is 19. The van der Waals surface area contributed by atoms with Crippen LogP contribution in [0.15, 0.2) is 192 Å². The molecule has 0 atom stereocenters. The smallest absolute Gasteiger partial charge is 0.144 e. The van der Waals surface area contributed by atoms with Crippen molar-refractivity contribution in [3.8, 4) is 66.8 Å². The van der Waals surface area contributed by atoms with Crippen molar-refractivity contribution in [2.45, 2.75) is 181 Å². The van der Waals surface area contributed by atoms with Gasteiger partial charge in [-0.25, -0.2) is 0 Å². The van der Waals surface area contributed by atoms with Gasteiger partial charge in [-0.2, -0.15) is 0 Å². The molecule has 0 aliphatic heterocycles. The van der Waals surface area contributed by atoms with Crippen molar-refractivity contribution < 1.29 is 4.42 Å². The number of para-hydroxylation sites is 1. The average molecular weight is 1180 g/mol. The molecule has 0 spiro atoms. The van der Waals surface area contributed by atoms with E-state index in [2.05, 4.69) is 262 Å². The minimum absolute atomic E-state index is 0.0516. The molecule has 0 bridgehead atoms. The van der Waals surface area contributed by atoms with Crippen LogP contribution in [-0.2, 0) is 21.7 Å². The number of nitrogens with zero attached hydrogens (tertiary/aromatic N) is 1. The van der Waals surface area contributed by atoms with Crippen LogP contribution < -0.4 is 4.90 Å². The van der Waals surface area contributed by atoms with Gasteiger partial charge in [0, 0.05) is 55.1 Å². The van der Waals surface area contributed by atoms with Gasteiger partial charge in [-0.3, -0.25) is 0 Å². The lowest BCUT2D eigenvalue weighted by atomic mass is 9.70. The van der Waals surface area contributed by atoms with Gasteiger partial charge < -0.3 is 9.32 Å². The molecule has 0 unspecified atom stereocenters. The summed E-state index contributed by atoms with van der Waals surface area (Å²) in [6.45, 7) is 23.8. The standard InChI is InChI=1S/C88H89NO/c1-11-13-15-17-19-25-49-88(50-26-20-18-16-14-12-2)72-29-23-21-27-65(72)68-46-37-61(54-77(68)88)59-36-45-67-66-44-35-58(51-73(66)85(5,6)74(67)52-59)60-38-47-70-75(53-60)86(7,8)83-81(70)84-80(71-28-22-24-30-78(71)90-84)79-69-48-43-64(55-76(69)87(9,10)82(79)83)89(62-39-31-56(3)32-40-62)63-41-33-57(4)34-42-63/h21-24,27-48,51-55H,11-20,25-26,49-50H2,1-10H3. The fourth-order valence-corrected chi connectivity index (χ4v) is 17.5. The molecule has 2 nitrogen and oxygen atoms in total. The maximum atomic E-state index is 7.20. The Morgan fingerprint density at radius 2 is 0.756 bits per heavy atom. The highest BCUT2D eigenvalue weighted by molar-refractivity contribution is 6.21. The van der Waals surface area contributed by atoms with Crippen LogP contribution >= 0.6 is 0 Å². The quantitative estimate of drug-likeness (QED) is 0.0750. The molecule has 4 aliphatic rings. The second-order valence-corrected chi connectivity index (χ2v) is 29.1. The summed E-state index contributed by atoms with van der Waals surface area (Å²) in [5.74, 6) is 0. The lowest BCUT2D eigenvalue weighted by Gasteiger charge is -2.33. The van der Waals surface area contributed by atoms with Crippen LogP contribution in [-0.4, -0.2) is 0 Å². The van der Waals surface area contributed by atoms with E-state index < -0.39 is 0 Å². The van der Waals surface area contributed by atoms with Gasteiger partial charge in [-0.05, 0) is 199 Å². The topological polar surface area (TPSA) is 16.4 Å². The van der Waals surface area contributed by atoms with E-state index in [0.717, 1.165) is 28.2 Å². The molecular formula is C88H89NO. The van der Waals surface area contributed by atoms with Crippen molar-refractivity contribution in [3.05, 3.63) is 244 Å². The summed E-state index contributed by atoms with van der Waals surface area (Å²) in [5, 5.41) is 2.40. The van der Waals surface area contributed by atoms with E-state index in [4.69, 9.17) is 4.42 Å². The Kier molecular flexibility index (Phi) is 14.4. The predicted octanol–water partition coefficient (Wildman–Crippen LogP) is 25.7. The predicted molar refractivity (Wildman–Crippen MR) is 384 cm³/mol. The van der Waals surface area contributed by atoms with E-state index in [0.29, 0.717) is 0 Å². The minimum Gasteiger partial charge on any atom is -0.455 e. The van der Waals surface area contributed by atoms with E-state index in [1.807, 2.05) is 0 Å². The fraction of sp³-hybridized carbons (Fsp3) is 0.318. The van der Waals surface area contributed by atoms with Crippen LogP contribution in [0.1, 0.15) is 201 Å². The number of aryl methyl sites for hydroxylation is 2. The van der Waals surface area contributed by atoms with Gasteiger partial charge in [0.05, 0.1) is 0 Å². The minimum atomic E-state index is -0.332. The summed E-state index contributed by atoms with van der Waals surface area (Å²) < 4.78 is 7.20. The van der Waals surface area contributed by atoms with Crippen molar-refractivity contribution in [1.82, 2.24) is 0 Å². The molecule has 10 aromatic carbocycles. The highest BCUT2D eigenvalue weighted by atomic mass is 16.3. The molecule has 90 heavy (non-hydrogen) atoms. The maximum Gasteiger partial charge on any atom is 0.144 e. The Labute approximate surface area is 536 Å². The summed E-state index contributed by atoms with van der Waals surface area (Å²) in [5.41, 5.74) is 34.6. The highest BCUT2D eigenvalue weighted by Crippen LogP contribution is 2.64. The zero-order valence-corrected chi connectivity index (χ0v) is 55.2. The van der Waals surface area contributed by atoms with E-state index >= 15 is 0 Å². The van der Waals surface area contributed by atoms with Crippen LogP contribution in [0, 0.1) is 13.8 Å². The van der Waals surface area contributed by atoms with Crippen molar-refractivity contribution in [1.29, 1.82) is 0 Å². The summed E-state index contributed by atoms with van der Waals surface area (Å²) in [6, 6.07) is 73.0. The molecule has 0 saturated carbocycles. The van der Waals surface area contributed by atoms with Gasteiger partial charge in [0.2, 0.25) is 0 Å². The Hall–Kier alpha value is -8.20. The first-order valence-electron chi connectivity index (χ1n) is 34.4. The van der Waals surface area contributed by atoms with E-state index in [1.165, 1.54) is 212 Å². The molecule has 0 radical (unpaired) electrons. The Balaban J connectivity index is 0.781. The van der Waals surface area contributed by atoms with Crippen molar-refractivity contribution in [3.63, 3.8) is 0 Å². The molecule has 1 aromatic heterocycles. The highest BCUT2D eigenvalue weighted by Gasteiger charge is 2.49.